The number of aliphatic hydroxyl groups is 1. The largest absolute Gasteiger partial charge is 0.493 e. The highest BCUT2D eigenvalue weighted by Crippen LogP contribution is 2.36. The number of methoxy groups -OCH3 is 2. The second-order valence-electron chi connectivity index (χ2n) is 7.07. The molecule has 0 aromatic heterocycles. The molecule has 2 fully saturated rings. The van der Waals surface area contributed by atoms with E-state index in [1.54, 1.807) is 14.2 Å². The molecule has 1 saturated heterocycles. The summed E-state index contributed by atoms with van der Waals surface area (Å²) in [6.07, 6.45) is 5.36. The van der Waals surface area contributed by atoms with Crippen molar-refractivity contribution in [2.75, 3.05) is 27.3 Å². The predicted molar refractivity (Wildman–Crippen MR) is 99.6 cm³/mol. The standard InChI is InChI=1S/C19H29ClN2O3/c1-24-18-11-13(10-15(20)19(18)25-2)12-21-14-6-8-22(9-7-14)16-4-3-5-17(16)23/h10-11,14,16-17,21,23H,3-9,12H2,1-2H3/t16-,17-/m0/s1. The van der Waals surface area contributed by atoms with Gasteiger partial charge in [0, 0.05) is 31.7 Å². The monoisotopic (exact) mass is 368 g/mol. The number of likely N-dealkylation sites (tertiary alicyclic amines) is 1. The highest BCUT2D eigenvalue weighted by Gasteiger charge is 2.32. The highest BCUT2D eigenvalue weighted by atomic mass is 35.5. The van der Waals surface area contributed by atoms with Gasteiger partial charge in [-0.1, -0.05) is 11.6 Å². The van der Waals surface area contributed by atoms with E-state index in [9.17, 15) is 5.11 Å². The van der Waals surface area contributed by atoms with Gasteiger partial charge in [0.15, 0.2) is 11.5 Å². The van der Waals surface area contributed by atoms with Crippen LogP contribution in [0.15, 0.2) is 12.1 Å². The van der Waals surface area contributed by atoms with E-state index in [4.69, 9.17) is 21.1 Å². The molecule has 1 saturated carbocycles. The maximum absolute atomic E-state index is 10.1. The van der Waals surface area contributed by atoms with Gasteiger partial charge in [0.05, 0.1) is 25.3 Å². The molecule has 1 aliphatic heterocycles. The lowest BCUT2D eigenvalue weighted by Gasteiger charge is -2.37. The third kappa shape index (κ3) is 4.40. The minimum Gasteiger partial charge on any atom is -0.493 e. The Morgan fingerprint density at radius 2 is 1.92 bits per heavy atom. The van der Waals surface area contributed by atoms with Crippen LogP contribution in [-0.2, 0) is 6.54 Å². The Balaban J connectivity index is 1.51. The van der Waals surface area contributed by atoms with Crippen LogP contribution < -0.4 is 14.8 Å². The highest BCUT2D eigenvalue weighted by molar-refractivity contribution is 6.32. The number of nitrogens with zero attached hydrogens (tertiary/aromatic N) is 1. The van der Waals surface area contributed by atoms with E-state index in [2.05, 4.69) is 10.2 Å². The first-order valence-corrected chi connectivity index (χ1v) is 9.56. The van der Waals surface area contributed by atoms with Gasteiger partial charge < -0.3 is 19.9 Å². The molecule has 2 aliphatic rings. The van der Waals surface area contributed by atoms with E-state index in [1.807, 2.05) is 12.1 Å². The van der Waals surface area contributed by atoms with E-state index in [0.717, 1.165) is 57.3 Å². The van der Waals surface area contributed by atoms with Crippen molar-refractivity contribution < 1.29 is 14.6 Å². The average Bonchev–Trinajstić information content (AvgIpc) is 3.05. The van der Waals surface area contributed by atoms with Crippen molar-refractivity contribution in [2.45, 2.75) is 56.8 Å². The quantitative estimate of drug-likeness (QED) is 0.808. The van der Waals surface area contributed by atoms with Crippen LogP contribution in [0.4, 0.5) is 0 Å². The Labute approximate surface area is 155 Å². The molecule has 5 nitrogen and oxygen atoms in total. The Bertz CT molecular complexity index is 576. The van der Waals surface area contributed by atoms with E-state index in [1.165, 1.54) is 0 Å². The van der Waals surface area contributed by atoms with Crippen molar-refractivity contribution in [3.05, 3.63) is 22.7 Å². The Morgan fingerprint density at radius 3 is 2.52 bits per heavy atom. The Kier molecular flexibility index (Phi) is 6.44. The molecule has 0 amide bonds. The summed E-state index contributed by atoms with van der Waals surface area (Å²) in [6.45, 7) is 2.88. The van der Waals surface area contributed by atoms with Crippen molar-refractivity contribution in [1.29, 1.82) is 0 Å². The number of ether oxygens (including phenoxy) is 2. The molecule has 2 N–H and O–H groups in total. The fourth-order valence-corrected chi connectivity index (χ4v) is 4.43. The molecule has 140 valence electrons. The fraction of sp³-hybridized carbons (Fsp3) is 0.684. The predicted octanol–water partition coefficient (Wildman–Crippen LogP) is 2.82. The van der Waals surface area contributed by atoms with Gasteiger partial charge in [-0.25, -0.2) is 0 Å². The van der Waals surface area contributed by atoms with Crippen LogP contribution >= 0.6 is 11.6 Å². The zero-order chi connectivity index (χ0) is 17.8. The van der Waals surface area contributed by atoms with Crippen molar-refractivity contribution >= 4 is 11.6 Å². The number of benzene rings is 1. The minimum atomic E-state index is -0.126. The van der Waals surface area contributed by atoms with Crippen molar-refractivity contribution in [3.63, 3.8) is 0 Å². The van der Waals surface area contributed by atoms with Crippen molar-refractivity contribution in [2.24, 2.45) is 0 Å². The molecule has 1 aromatic carbocycles. The van der Waals surface area contributed by atoms with Gasteiger partial charge in [0.25, 0.3) is 0 Å². The molecule has 1 heterocycles. The van der Waals surface area contributed by atoms with Crippen molar-refractivity contribution in [1.82, 2.24) is 10.2 Å². The third-order valence-electron chi connectivity index (χ3n) is 5.53. The van der Waals surface area contributed by atoms with Gasteiger partial charge in [-0.2, -0.15) is 0 Å². The van der Waals surface area contributed by atoms with Gasteiger partial charge in [-0.15, -0.1) is 0 Å². The van der Waals surface area contributed by atoms with E-state index >= 15 is 0 Å². The zero-order valence-electron chi connectivity index (χ0n) is 15.1. The lowest BCUT2D eigenvalue weighted by atomic mass is 10.0. The second-order valence-corrected chi connectivity index (χ2v) is 7.48. The summed E-state index contributed by atoms with van der Waals surface area (Å²) in [4.78, 5) is 2.48. The van der Waals surface area contributed by atoms with Gasteiger partial charge in [-0.3, -0.25) is 4.90 Å². The normalized spacial score (nSPS) is 25.3. The van der Waals surface area contributed by atoms with E-state index in [0.29, 0.717) is 28.6 Å². The number of halogens is 1. The summed E-state index contributed by atoms with van der Waals surface area (Å²) in [5.74, 6) is 1.24. The molecule has 0 radical (unpaired) electrons. The van der Waals surface area contributed by atoms with Crippen LogP contribution in [-0.4, -0.2) is 55.5 Å². The van der Waals surface area contributed by atoms with E-state index < -0.39 is 0 Å². The van der Waals surface area contributed by atoms with Crippen LogP contribution in [0.1, 0.15) is 37.7 Å². The van der Waals surface area contributed by atoms with Crippen LogP contribution in [0.25, 0.3) is 0 Å². The lowest BCUT2D eigenvalue weighted by molar-refractivity contribution is 0.0526. The number of piperidine rings is 1. The molecule has 1 aliphatic carbocycles. The summed E-state index contributed by atoms with van der Waals surface area (Å²) >= 11 is 6.28. The van der Waals surface area contributed by atoms with Crippen LogP contribution in [0.3, 0.4) is 0 Å². The summed E-state index contributed by atoms with van der Waals surface area (Å²) in [6, 6.07) is 4.79. The lowest BCUT2D eigenvalue weighted by Crippen LogP contribution is -2.48. The first kappa shape index (κ1) is 18.8. The zero-order valence-corrected chi connectivity index (χ0v) is 15.9. The first-order chi connectivity index (χ1) is 12.1. The molecule has 25 heavy (non-hydrogen) atoms. The third-order valence-corrected chi connectivity index (χ3v) is 5.81. The van der Waals surface area contributed by atoms with Gasteiger partial charge in [0.2, 0.25) is 0 Å². The SMILES string of the molecule is COc1cc(CNC2CCN([C@H]3CCC[C@@H]3O)CC2)cc(Cl)c1OC. The molecule has 2 atom stereocenters. The maximum atomic E-state index is 10.1. The summed E-state index contributed by atoms with van der Waals surface area (Å²) in [5, 5.41) is 14.3. The number of rotatable bonds is 6. The fourth-order valence-electron chi connectivity index (χ4n) is 4.12. The van der Waals surface area contributed by atoms with Crippen LogP contribution in [0.2, 0.25) is 5.02 Å². The summed E-state index contributed by atoms with van der Waals surface area (Å²) in [7, 11) is 3.22. The molecular formula is C19H29ClN2O3. The van der Waals surface area contributed by atoms with Gasteiger partial charge in [-0.05, 0) is 49.8 Å². The minimum absolute atomic E-state index is 0.126. The number of hydrogen-bond donors (Lipinski definition) is 2. The van der Waals surface area contributed by atoms with E-state index in [-0.39, 0.29) is 6.10 Å². The first-order valence-electron chi connectivity index (χ1n) is 9.18. The average molecular weight is 369 g/mol. The summed E-state index contributed by atoms with van der Waals surface area (Å²) in [5.41, 5.74) is 1.09. The van der Waals surface area contributed by atoms with Crippen molar-refractivity contribution in [3.8, 4) is 11.5 Å². The van der Waals surface area contributed by atoms with Crippen LogP contribution in [0.5, 0.6) is 11.5 Å². The molecule has 6 heteroatoms. The molecule has 0 unspecified atom stereocenters. The molecule has 0 spiro atoms. The van der Waals surface area contributed by atoms with Gasteiger partial charge in [0.1, 0.15) is 0 Å². The second kappa shape index (κ2) is 8.58. The molecule has 1 aromatic rings. The van der Waals surface area contributed by atoms with Crippen LogP contribution in [0, 0.1) is 0 Å². The topological polar surface area (TPSA) is 54.0 Å². The molecule has 3 rings (SSSR count). The number of aliphatic hydroxyl groups excluding tert-OH is 1. The molecular weight excluding hydrogens is 340 g/mol. The maximum Gasteiger partial charge on any atom is 0.179 e. The molecule has 0 bridgehead atoms. The Hall–Kier alpha value is -1.01. The Morgan fingerprint density at radius 1 is 1.16 bits per heavy atom. The number of nitrogens with one attached hydrogen (secondary N) is 1. The van der Waals surface area contributed by atoms with Gasteiger partial charge >= 0.3 is 0 Å². The smallest absolute Gasteiger partial charge is 0.179 e. The number of hydrogen-bond acceptors (Lipinski definition) is 5. The summed E-state index contributed by atoms with van der Waals surface area (Å²) < 4.78 is 10.6.